The van der Waals surface area contributed by atoms with Crippen molar-refractivity contribution in [1.29, 1.82) is 0 Å². The van der Waals surface area contributed by atoms with E-state index in [1.54, 1.807) is 0 Å². The smallest absolute Gasteiger partial charge is 0.376 e. The molecular formula is C8H7BF12O4. The topological polar surface area (TPSA) is 36.9 Å². The summed E-state index contributed by atoms with van der Waals surface area (Å²) in [6, 6.07) is 0. The summed E-state index contributed by atoms with van der Waals surface area (Å²) in [6.45, 7) is -7.36. The van der Waals surface area contributed by atoms with E-state index in [0.717, 1.165) is 0 Å². The van der Waals surface area contributed by atoms with Gasteiger partial charge in [0, 0.05) is 0 Å². The maximum Gasteiger partial charge on any atom is 0.642 e. The maximum atomic E-state index is 12.4. The van der Waals surface area contributed by atoms with Gasteiger partial charge in [0.1, 0.15) is 19.8 Å². The summed E-state index contributed by atoms with van der Waals surface area (Å²) in [4.78, 5) is 0. The van der Waals surface area contributed by atoms with Crippen molar-refractivity contribution in [2.45, 2.75) is 31.0 Å². The van der Waals surface area contributed by atoms with Crippen LogP contribution in [0.2, 0.25) is 0 Å². The lowest BCUT2D eigenvalue weighted by Gasteiger charge is -2.25. The van der Waals surface area contributed by atoms with Crippen LogP contribution in [0.25, 0.3) is 0 Å². The number of ether oxygens (including phenoxy) is 1. The minimum Gasteiger partial charge on any atom is -0.376 e. The van der Waals surface area contributed by atoms with Crippen LogP contribution in [0, 0.1) is 0 Å². The van der Waals surface area contributed by atoms with E-state index in [4.69, 9.17) is 0 Å². The van der Waals surface area contributed by atoms with Gasteiger partial charge >= 0.3 is 32.0 Å². The van der Waals surface area contributed by atoms with Crippen LogP contribution in [0.4, 0.5) is 52.7 Å². The van der Waals surface area contributed by atoms with Crippen LogP contribution < -0.4 is 0 Å². The Morgan fingerprint density at radius 3 is 1.24 bits per heavy atom. The van der Waals surface area contributed by atoms with Crippen LogP contribution >= 0.6 is 0 Å². The van der Waals surface area contributed by atoms with Crippen LogP contribution in [0.15, 0.2) is 0 Å². The second-order valence-electron chi connectivity index (χ2n) is 4.08. The fourth-order valence-electron chi connectivity index (χ4n) is 0.934. The van der Waals surface area contributed by atoms with Gasteiger partial charge in [0.2, 0.25) is 6.29 Å². The highest BCUT2D eigenvalue weighted by Crippen LogP contribution is 2.28. The molecule has 0 heterocycles. The van der Waals surface area contributed by atoms with E-state index < -0.39 is 58.1 Å². The van der Waals surface area contributed by atoms with Crippen molar-refractivity contribution in [3.8, 4) is 0 Å². The molecule has 150 valence electrons. The van der Waals surface area contributed by atoms with E-state index in [9.17, 15) is 52.7 Å². The van der Waals surface area contributed by atoms with Gasteiger partial charge in [-0.3, -0.25) is 0 Å². The maximum absolute atomic E-state index is 12.4. The molecule has 0 aliphatic heterocycles. The molecule has 0 aromatic heterocycles. The minimum atomic E-state index is -5.74. The lowest BCUT2D eigenvalue weighted by Crippen LogP contribution is -2.45. The lowest BCUT2D eigenvalue weighted by atomic mass is 10.2. The zero-order chi connectivity index (χ0) is 20.1. The summed E-state index contributed by atoms with van der Waals surface area (Å²) in [7, 11) is -3.26. The largest absolute Gasteiger partial charge is 0.642 e. The van der Waals surface area contributed by atoms with Gasteiger partial charge in [0.25, 0.3) is 0 Å². The summed E-state index contributed by atoms with van der Waals surface area (Å²) in [6.07, 6.45) is -25.3. The Labute approximate surface area is 131 Å². The molecule has 1 unspecified atom stereocenters. The van der Waals surface area contributed by atoms with Gasteiger partial charge in [0.05, 0.1) is 0 Å². The Morgan fingerprint density at radius 2 is 0.960 bits per heavy atom. The molecule has 1 atom stereocenters. The van der Waals surface area contributed by atoms with Crippen LogP contribution in [0.1, 0.15) is 0 Å². The quantitative estimate of drug-likeness (QED) is 0.351. The summed E-state index contributed by atoms with van der Waals surface area (Å²) < 4.78 is 158. The van der Waals surface area contributed by atoms with Crippen molar-refractivity contribution in [1.82, 2.24) is 0 Å². The molecule has 25 heavy (non-hydrogen) atoms. The fraction of sp³-hybridized carbons (Fsp3) is 1.00. The second-order valence-corrected chi connectivity index (χ2v) is 4.08. The van der Waals surface area contributed by atoms with Crippen molar-refractivity contribution >= 4 is 7.32 Å². The third kappa shape index (κ3) is 14.0. The number of hydrogen-bond acceptors (Lipinski definition) is 4. The highest BCUT2D eigenvalue weighted by atomic mass is 19.4. The van der Waals surface area contributed by atoms with Crippen LogP contribution in [0.5, 0.6) is 0 Å². The van der Waals surface area contributed by atoms with Gasteiger partial charge in [-0.25, -0.2) is 0 Å². The Hall–Kier alpha value is -0.935. The molecule has 0 N–H and O–H groups in total. The van der Waals surface area contributed by atoms with Crippen molar-refractivity contribution < 1.29 is 71.4 Å². The van der Waals surface area contributed by atoms with E-state index in [2.05, 4.69) is 18.7 Å². The molecule has 0 amide bonds. The molecule has 0 rings (SSSR count). The highest BCUT2D eigenvalue weighted by Gasteiger charge is 2.48. The first-order valence-electron chi connectivity index (χ1n) is 5.66. The Bertz CT molecular complexity index is 371. The summed E-state index contributed by atoms with van der Waals surface area (Å²) >= 11 is 0. The van der Waals surface area contributed by atoms with E-state index in [-0.39, 0.29) is 0 Å². The van der Waals surface area contributed by atoms with E-state index in [1.165, 1.54) is 0 Å². The minimum absolute atomic E-state index is 2.40. The van der Waals surface area contributed by atoms with Crippen molar-refractivity contribution in [3.05, 3.63) is 0 Å². The standard InChI is InChI=1S/C8H7BF12O4/c10-5(11,12)1-22-4(8(19,20)21)25-9(23-2-6(13,14)15)24-3-7(16,17)18/h4H,1-3H2. The van der Waals surface area contributed by atoms with Gasteiger partial charge in [0.15, 0.2) is 0 Å². The Balaban J connectivity index is 5.02. The van der Waals surface area contributed by atoms with E-state index >= 15 is 0 Å². The van der Waals surface area contributed by atoms with Crippen molar-refractivity contribution in [2.75, 3.05) is 19.8 Å². The van der Waals surface area contributed by atoms with Gasteiger partial charge in [-0.1, -0.05) is 0 Å². The predicted molar refractivity (Wildman–Crippen MR) is 52.7 cm³/mol. The van der Waals surface area contributed by atoms with Crippen molar-refractivity contribution in [3.63, 3.8) is 0 Å². The van der Waals surface area contributed by atoms with Crippen LogP contribution in [-0.4, -0.2) is 58.1 Å². The van der Waals surface area contributed by atoms with Gasteiger partial charge in [-0.2, -0.15) is 52.7 Å². The number of hydrogen-bond donors (Lipinski definition) is 0. The SMILES string of the molecule is FC(F)(F)COB(OCC(F)(F)F)OC(OCC(F)(F)F)C(F)(F)F. The van der Waals surface area contributed by atoms with Gasteiger partial charge < -0.3 is 18.7 Å². The Morgan fingerprint density at radius 1 is 0.600 bits per heavy atom. The molecule has 0 aliphatic rings. The first kappa shape index (κ1) is 24.1. The second kappa shape index (κ2) is 8.63. The lowest BCUT2D eigenvalue weighted by molar-refractivity contribution is -0.315. The highest BCUT2D eigenvalue weighted by molar-refractivity contribution is 6.36. The molecule has 0 spiro atoms. The van der Waals surface area contributed by atoms with Crippen molar-refractivity contribution in [2.24, 2.45) is 0 Å². The zero-order valence-electron chi connectivity index (χ0n) is 11.4. The average Bonchev–Trinajstić information content (AvgIpc) is 2.31. The molecule has 0 radical (unpaired) electrons. The third-order valence-corrected chi connectivity index (χ3v) is 1.67. The molecule has 0 aliphatic carbocycles. The molecular weight excluding hydrogens is 399 g/mol. The summed E-state index contributed by atoms with van der Waals surface area (Å²) in [5.41, 5.74) is 0. The molecule has 0 fully saturated rings. The molecule has 0 aromatic rings. The number of rotatable bonds is 8. The number of halogens is 12. The summed E-state index contributed by atoms with van der Waals surface area (Å²) in [5.74, 6) is 0. The van der Waals surface area contributed by atoms with Gasteiger partial charge in [-0.05, 0) is 0 Å². The summed E-state index contributed by atoms with van der Waals surface area (Å²) in [5, 5.41) is 0. The number of alkyl halides is 12. The predicted octanol–water partition coefficient (Wildman–Crippen LogP) is 3.61. The molecule has 4 nitrogen and oxygen atoms in total. The zero-order valence-corrected chi connectivity index (χ0v) is 11.4. The van der Waals surface area contributed by atoms with E-state index in [1.807, 2.05) is 0 Å². The van der Waals surface area contributed by atoms with Crippen LogP contribution in [-0.2, 0) is 18.7 Å². The van der Waals surface area contributed by atoms with Gasteiger partial charge in [-0.15, -0.1) is 0 Å². The average molecular weight is 406 g/mol. The fourth-order valence-corrected chi connectivity index (χ4v) is 0.934. The monoisotopic (exact) mass is 406 g/mol. The normalized spacial score (nSPS) is 15.4. The van der Waals surface area contributed by atoms with E-state index in [0.29, 0.717) is 0 Å². The first-order valence-corrected chi connectivity index (χ1v) is 5.66. The molecule has 0 saturated heterocycles. The Kier molecular flexibility index (Phi) is 8.31. The van der Waals surface area contributed by atoms with Crippen LogP contribution in [0.3, 0.4) is 0 Å². The third-order valence-electron chi connectivity index (χ3n) is 1.67. The first-order chi connectivity index (χ1) is 10.9. The molecule has 0 saturated carbocycles. The molecule has 17 heteroatoms. The molecule has 0 bridgehead atoms. The molecule has 0 aromatic carbocycles.